The van der Waals surface area contributed by atoms with Gasteiger partial charge in [-0.25, -0.2) is 4.79 Å². The second-order valence-corrected chi connectivity index (χ2v) is 6.75. The third-order valence-corrected chi connectivity index (χ3v) is 3.50. The Morgan fingerprint density at radius 2 is 2.19 bits per heavy atom. The molecule has 7 heteroatoms. The maximum absolute atomic E-state index is 11.9. The van der Waals surface area contributed by atoms with Crippen LogP contribution in [0, 0.1) is 0 Å². The molecule has 0 spiro atoms. The van der Waals surface area contributed by atoms with Crippen molar-refractivity contribution in [3.63, 3.8) is 0 Å². The minimum Gasteiger partial charge on any atom is -0.444 e. The van der Waals surface area contributed by atoms with E-state index in [1.54, 1.807) is 4.68 Å². The van der Waals surface area contributed by atoms with Gasteiger partial charge in [0, 0.05) is 26.3 Å². The van der Waals surface area contributed by atoms with E-state index in [4.69, 9.17) is 4.74 Å². The molecule has 1 saturated carbocycles. The Labute approximate surface area is 125 Å². The molecule has 0 saturated heterocycles. The third-order valence-electron chi connectivity index (χ3n) is 3.50. The Morgan fingerprint density at radius 1 is 1.48 bits per heavy atom. The van der Waals surface area contributed by atoms with E-state index >= 15 is 0 Å². The molecule has 118 valence electrons. The molecule has 1 fully saturated rings. The summed E-state index contributed by atoms with van der Waals surface area (Å²) < 4.78 is 7.01. The lowest BCUT2D eigenvalue weighted by molar-refractivity contribution is 0.0382. The molecule has 7 nitrogen and oxygen atoms in total. The van der Waals surface area contributed by atoms with Gasteiger partial charge in [-0.15, -0.1) is 5.10 Å². The van der Waals surface area contributed by atoms with Gasteiger partial charge in [0.1, 0.15) is 5.60 Å². The molecule has 1 aromatic heterocycles. The average Bonchev–Trinajstić information content (AvgIpc) is 2.69. The number of amides is 1. The third kappa shape index (κ3) is 4.70. The van der Waals surface area contributed by atoms with Gasteiger partial charge < -0.3 is 15.4 Å². The number of nitrogens with one attached hydrogen (secondary N) is 2. The van der Waals surface area contributed by atoms with E-state index in [1.165, 1.54) is 0 Å². The van der Waals surface area contributed by atoms with Crippen molar-refractivity contribution in [1.82, 2.24) is 25.6 Å². The van der Waals surface area contributed by atoms with Crippen LogP contribution in [0.2, 0.25) is 0 Å². The fraction of sp³-hybridized carbons (Fsp3) is 0.786. The Kier molecular flexibility index (Phi) is 4.51. The van der Waals surface area contributed by atoms with Crippen molar-refractivity contribution in [1.29, 1.82) is 0 Å². The molecule has 1 amide bonds. The maximum atomic E-state index is 11.9. The number of ether oxygens (including phenoxy) is 1. The van der Waals surface area contributed by atoms with Crippen molar-refractivity contribution < 1.29 is 9.53 Å². The van der Waals surface area contributed by atoms with Gasteiger partial charge in [-0.05, 0) is 40.0 Å². The van der Waals surface area contributed by atoms with Gasteiger partial charge in [0.25, 0.3) is 0 Å². The SMILES string of the molecule is Cn1cc(CNCC2(NC(=O)OC(C)(C)C)CCC2)nn1. The molecule has 1 aliphatic carbocycles. The molecule has 0 unspecified atom stereocenters. The van der Waals surface area contributed by atoms with Gasteiger partial charge in [-0.1, -0.05) is 5.21 Å². The first-order valence-corrected chi connectivity index (χ1v) is 7.35. The highest BCUT2D eigenvalue weighted by atomic mass is 16.6. The number of carbonyl (C=O) groups is 1. The lowest BCUT2D eigenvalue weighted by Gasteiger charge is -2.42. The molecular formula is C14H25N5O2. The van der Waals surface area contributed by atoms with Crippen molar-refractivity contribution in [3.8, 4) is 0 Å². The van der Waals surface area contributed by atoms with Crippen LogP contribution >= 0.6 is 0 Å². The predicted molar refractivity (Wildman–Crippen MR) is 78.7 cm³/mol. The second kappa shape index (κ2) is 6.01. The molecule has 0 bridgehead atoms. The normalized spacial score (nSPS) is 17.1. The van der Waals surface area contributed by atoms with Gasteiger partial charge in [-0.3, -0.25) is 4.68 Å². The van der Waals surface area contributed by atoms with Crippen molar-refractivity contribution in [2.45, 2.75) is 57.7 Å². The number of alkyl carbamates (subject to hydrolysis) is 1. The smallest absolute Gasteiger partial charge is 0.408 e. The lowest BCUT2D eigenvalue weighted by atomic mass is 9.76. The van der Waals surface area contributed by atoms with Gasteiger partial charge in [0.15, 0.2) is 0 Å². The molecule has 0 radical (unpaired) electrons. The minimum atomic E-state index is -0.470. The van der Waals surface area contributed by atoms with Crippen LogP contribution in [0.1, 0.15) is 45.7 Å². The van der Waals surface area contributed by atoms with E-state index in [-0.39, 0.29) is 11.6 Å². The number of aryl methyl sites for hydroxylation is 1. The number of aromatic nitrogens is 3. The number of rotatable bonds is 5. The van der Waals surface area contributed by atoms with Crippen LogP contribution in [0.5, 0.6) is 0 Å². The van der Waals surface area contributed by atoms with E-state index in [9.17, 15) is 4.79 Å². The van der Waals surface area contributed by atoms with E-state index in [0.717, 1.165) is 25.0 Å². The maximum Gasteiger partial charge on any atom is 0.408 e. The summed E-state index contributed by atoms with van der Waals surface area (Å²) in [6.45, 7) is 6.96. The van der Waals surface area contributed by atoms with Crippen LogP contribution in [0.25, 0.3) is 0 Å². The summed E-state index contributed by atoms with van der Waals surface area (Å²) in [7, 11) is 1.84. The van der Waals surface area contributed by atoms with Gasteiger partial charge in [0.05, 0.1) is 11.2 Å². The first kappa shape index (κ1) is 15.8. The Hall–Kier alpha value is -1.63. The van der Waals surface area contributed by atoms with E-state index < -0.39 is 5.60 Å². The fourth-order valence-electron chi connectivity index (χ4n) is 2.38. The zero-order chi connectivity index (χ0) is 15.5. The average molecular weight is 295 g/mol. The van der Waals surface area contributed by atoms with Crippen molar-refractivity contribution >= 4 is 6.09 Å². The largest absolute Gasteiger partial charge is 0.444 e. The van der Waals surface area contributed by atoms with Crippen molar-refractivity contribution in [3.05, 3.63) is 11.9 Å². The van der Waals surface area contributed by atoms with Gasteiger partial charge in [-0.2, -0.15) is 0 Å². The summed E-state index contributed by atoms with van der Waals surface area (Å²) >= 11 is 0. The van der Waals surface area contributed by atoms with Crippen LogP contribution in [-0.4, -0.2) is 38.8 Å². The number of hydrogen-bond acceptors (Lipinski definition) is 5. The van der Waals surface area contributed by atoms with E-state index in [2.05, 4.69) is 20.9 Å². The first-order valence-electron chi connectivity index (χ1n) is 7.35. The first-order chi connectivity index (χ1) is 9.78. The van der Waals surface area contributed by atoms with Crippen molar-refractivity contribution in [2.75, 3.05) is 6.54 Å². The molecule has 1 heterocycles. The fourth-order valence-corrected chi connectivity index (χ4v) is 2.38. The Balaban J connectivity index is 1.80. The summed E-state index contributed by atoms with van der Waals surface area (Å²) in [5.74, 6) is 0. The quantitative estimate of drug-likeness (QED) is 0.857. The molecule has 21 heavy (non-hydrogen) atoms. The molecule has 0 atom stereocenters. The van der Waals surface area contributed by atoms with Gasteiger partial charge >= 0.3 is 6.09 Å². The van der Waals surface area contributed by atoms with Crippen LogP contribution < -0.4 is 10.6 Å². The summed E-state index contributed by atoms with van der Waals surface area (Å²) in [5, 5.41) is 14.3. The van der Waals surface area contributed by atoms with Crippen LogP contribution in [0.15, 0.2) is 6.20 Å². The number of hydrogen-bond donors (Lipinski definition) is 2. The molecule has 2 N–H and O–H groups in total. The topological polar surface area (TPSA) is 81.1 Å². The minimum absolute atomic E-state index is 0.190. The van der Waals surface area contributed by atoms with E-state index in [0.29, 0.717) is 13.1 Å². The number of nitrogens with zero attached hydrogens (tertiary/aromatic N) is 3. The number of carbonyl (C=O) groups excluding carboxylic acids is 1. The predicted octanol–water partition coefficient (Wildman–Crippen LogP) is 1.35. The lowest BCUT2D eigenvalue weighted by Crippen LogP contribution is -2.59. The zero-order valence-electron chi connectivity index (χ0n) is 13.3. The summed E-state index contributed by atoms with van der Waals surface area (Å²) in [5.41, 5.74) is 0.233. The van der Waals surface area contributed by atoms with Crippen LogP contribution in [0.4, 0.5) is 4.79 Å². The molecular weight excluding hydrogens is 270 g/mol. The molecule has 0 aromatic carbocycles. The highest BCUT2D eigenvalue weighted by Crippen LogP contribution is 2.31. The second-order valence-electron chi connectivity index (χ2n) is 6.75. The Bertz CT molecular complexity index is 488. The summed E-state index contributed by atoms with van der Waals surface area (Å²) in [6, 6.07) is 0. The van der Waals surface area contributed by atoms with Crippen LogP contribution in [0.3, 0.4) is 0 Å². The summed E-state index contributed by atoms with van der Waals surface area (Å²) in [4.78, 5) is 11.9. The van der Waals surface area contributed by atoms with Gasteiger partial charge in [0.2, 0.25) is 0 Å². The summed E-state index contributed by atoms with van der Waals surface area (Å²) in [6.07, 6.45) is 4.60. The van der Waals surface area contributed by atoms with Crippen molar-refractivity contribution in [2.24, 2.45) is 7.05 Å². The highest BCUT2D eigenvalue weighted by Gasteiger charge is 2.39. The standard InChI is InChI=1S/C14H25N5O2/c1-13(2,3)21-12(20)16-14(6-5-7-14)10-15-8-11-9-19(4)18-17-11/h9,15H,5-8,10H2,1-4H3,(H,16,20). The van der Waals surface area contributed by atoms with Crippen LogP contribution in [-0.2, 0) is 18.3 Å². The monoisotopic (exact) mass is 295 g/mol. The molecule has 1 aliphatic rings. The molecule has 2 rings (SSSR count). The Morgan fingerprint density at radius 3 is 2.67 bits per heavy atom. The zero-order valence-corrected chi connectivity index (χ0v) is 13.3. The molecule has 1 aromatic rings. The molecule has 0 aliphatic heterocycles. The highest BCUT2D eigenvalue weighted by molar-refractivity contribution is 5.69. The van der Waals surface area contributed by atoms with E-state index in [1.807, 2.05) is 34.0 Å².